The van der Waals surface area contributed by atoms with Gasteiger partial charge in [-0.2, -0.15) is 0 Å². The van der Waals surface area contributed by atoms with Crippen LogP contribution in [-0.4, -0.2) is 13.7 Å². The lowest BCUT2D eigenvalue weighted by molar-refractivity contribution is 0.291. The van der Waals surface area contributed by atoms with E-state index in [4.69, 9.17) is 27.9 Å². The first kappa shape index (κ1) is 14.7. The number of rotatable bonds is 6. The lowest BCUT2D eigenvalue weighted by Gasteiger charge is -2.15. The molecule has 0 amide bonds. The molecule has 1 aromatic heterocycles. The molecule has 0 spiro atoms. The van der Waals surface area contributed by atoms with Gasteiger partial charge in [0.15, 0.2) is 0 Å². The van der Waals surface area contributed by atoms with Gasteiger partial charge in [0.25, 0.3) is 0 Å². The maximum Gasteiger partial charge on any atom is 0.120 e. The van der Waals surface area contributed by atoms with Crippen molar-refractivity contribution in [2.45, 2.75) is 12.5 Å². The average molecular weight is 316 g/mol. The maximum atomic E-state index is 5.94. The molecule has 2 rings (SSSR count). The van der Waals surface area contributed by atoms with E-state index in [1.807, 2.05) is 13.1 Å². The van der Waals surface area contributed by atoms with Gasteiger partial charge in [0.05, 0.1) is 16.7 Å². The van der Waals surface area contributed by atoms with Gasteiger partial charge < -0.3 is 10.1 Å². The maximum absolute atomic E-state index is 5.94. The quantitative estimate of drug-likeness (QED) is 0.828. The first-order chi connectivity index (χ1) is 9.20. The van der Waals surface area contributed by atoms with Crippen LogP contribution in [0.5, 0.6) is 5.75 Å². The Labute approximate surface area is 127 Å². The molecule has 5 heteroatoms. The van der Waals surface area contributed by atoms with Gasteiger partial charge in [0, 0.05) is 23.4 Å². The standard InChI is InChI=1S/C14H15Cl2NOS/c1-17-13(14-3-2-8-19-14)6-7-18-10-4-5-11(15)12(16)9-10/h2-5,8-9,13,17H,6-7H2,1H3. The summed E-state index contributed by atoms with van der Waals surface area (Å²) in [5.41, 5.74) is 0. The third-order valence-electron chi connectivity index (χ3n) is 2.80. The van der Waals surface area contributed by atoms with Crippen molar-refractivity contribution in [3.63, 3.8) is 0 Å². The molecule has 1 N–H and O–H groups in total. The predicted molar refractivity (Wildman–Crippen MR) is 82.7 cm³/mol. The van der Waals surface area contributed by atoms with Crippen LogP contribution in [0.3, 0.4) is 0 Å². The van der Waals surface area contributed by atoms with Crippen molar-refractivity contribution >= 4 is 34.5 Å². The summed E-state index contributed by atoms with van der Waals surface area (Å²) in [6.07, 6.45) is 0.900. The van der Waals surface area contributed by atoms with Crippen LogP contribution < -0.4 is 10.1 Å². The Kier molecular flexibility index (Phi) is 5.52. The predicted octanol–water partition coefficient (Wildman–Crippen LogP) is 4.78. The lowest BCUT2D eigenvalue weighted by atomic mass is 10.2. The first-order valence-electron chi connectivity index (χ1n) is 5.99. The van der Waals surface area contributed by atoms with Crippen molar-refractivity contribution in [3.05, 3.63) is 50.6 Å². The fraction of sp³-hybridized carbons (Fsp3) is 0.286. The minimum atomic E-state index is 0.322. The fourth-order valence-corrected chi connectivity index (χ4v) is 2.94. The van der Waals surface area contributed by atoms with Crippen molar-refractivity contribution in [3.8, 4) is 5.75 Å². The van der Waals surface area contributed by atoms with Crippen molar-refractivity contribution in [2.75, 3.05) is 13.7 Å². The molecule has 0 aliphatic heterocycles. The highest BCUT2D eigenvalue weighted by Crippen LogP contribution is 2.27. The van der Waals surface area contributed by atoms with E-state index in [1.165, 1.54) is 4.88 Å². The number of halogens is 2. The molecular weight excluding hydrogens is 301 g/mol. The van der Waals surface area contributed by atoms with Crippen LogP contribution in [0.15, 0.2) is 35.7 Å². The van der Waals surface area contributed by atoms with Crippen LogP contribution in [-0.2, 0) is 0 Å². The topological polar surface area (TPSA) is 21.3 Å². The SMILES string of the molecule is CNC(CCOc1ccc(Cl)c(Cl)c1)c1cccs1. The Bertz CT molecular complexity index is 516. The highest BCUT2D eigenvalue weighted by atomic mass is 35.5. The van der Waals surface area contributed by atoms with Crippen LogP contribution in [0.2, 0.25) is 10.0 Å². The van der Waals surface area contributed by atoms with Crippen molar-refractivity contribution in [1.29, 1.82) is 0 Å². The van der Waals surface area contributed by atoms with E-state index < -0.39 is 0 Å². The largest absolute Gasteiger partial charge is 0.493 e. The number of ether oxygens (including phenoxy) is 1. The van der Waals surface area contributed by atoms with Gasteiger partial charge in [-0.15, -0.1) is 11.3 Å². The molecule has 0 saturated heterocycles. The zero-order valence-corrected chi connectivity index (χ0v) is 12.9. The number of nitrogens with one attached hydrogen (secondary N) is 1. The number of hydrogen-bond donors (Lipinski definition) is 1. The molecule has 19 heavy (non-hydrogen) atoms. The zero-order chi connectivity index (χ0) is 13.7. The molecule has 0 radical (unpaired) electrons. The van der Waals surface area contributed by atoms with Gasteiger partial charge in [0.1, 0.15) is 5.75 Å². The van der Waals surface area contributed by atoms with Crippen molar-refractivity contribution < 1.29 is 4.74 Å². The first-order valence-corrected chi connectivity index (χ1v) is 7.63. The Morgan fingerprint density at radius 3 is 2.74 bits per heavy atom. The van der Waals surface area contributed by atoms with Gasteiger partial charge in [-0.1, -0.05) is 29.3 Å². The molecule has 1 atom stereocenters. The van der Waals surface area contributed by atoms with Gasteiger partial charge in [-0.25, -0.2) is 0 Å². The summed E-state index contributed by atoms with van der Waals surface area (Å²) in [5, 5.41) is 6.44. The molecule has 1 heterocycles. The number of benzene rings is 1. The summed E-state index contributed by atoms with van der Waals surface area (Å²) in [6.45, 7) is 0.626. The molecule has 2 aromatic rings. The van der Waals surface area contributed by atoms with Gasteiger partial charge >= 0.3 is 0 Å². The molecule has 2 nitrogen and oxygen atoms in total. The van der Waals surface area contributed by atoms with E-state index in [-0.39, 0.29) is 0 Å². The Morgan fingerprint density at radius 1 is 1.26 bits per heavy atom. The highest BCUT2D eigenvalue weighted by molar-refractivity contribution is 7.10. The minimum absolute atomic E-state index is 0.322. The van der Waals surface area contributed by atoms with E-state index in [1.54, 1.807) is 23.5 Å². The van der Waals surface area contributed by atoms with E-state index in [0.29, 0.717) is 22.7 Å². The van der Waals surface area contributed by atoms with Gasteiger partial charge in [-0.05, 0) is 30.6 Å². The molecule has 1 unspecified atom stereocenters. The summed E-state index contributed by atoms with van der Waals surface area (Å²) in [4.78, 5) is 1.32. The molecular formula is C14H15Cl2NOS. The second-order valence-corrected chi connectivity index (χ2v) is 5.86. The molecule has 102 valence electrons. The van der Waals surface area contributed by atoms with Crippen LogP contribution >= 0.6 is 34.5 Å². The molecule has 0 bridgehead atoms. The monoisotopic (exact) mass is 315 g/mol. The van der Waals surface area contributed by atoms with E-state index in [9.17, 15) is 0 Å². The lowest BCUT2D eigenvalue weighted by Crippen LogP contribution is -2.18. The second kappa shape index (κ2) is 7.15. The molecule has 0 aliphatic carbocycles. The van der Waals surface area contributed by atoms with Crippen molar-refractivity contribution in [1.82, 2.24) is 5.32 Å². The minimum Gasteiger partial charge on any atom is -0.493 e. The smallest absolute Gasteiger partial charge is 0.120 e. The Morgan fingerprint density at radius 2 is 2.11 bits per heavy atom. The summed E-state index contributed by atoms with van der Waals surface area (Å²) < 4.78 is 5.69. The van der Waals surface area contributed by atoms with Crippen LogP contribution in [0, 0.1) is 0 Å². The zero-order valence-electron chi connectivity index (χ0n) is 10.5. The molecule has 0 saturated carbocycles. The fourth-order valence-electron chi connectivity index (χ4n) is 1.78. The average Bonchev–Trinajstić information content (AvgIpc) is 2.92. The van der Waals surface area contributed by atoms with E-state index in [0.717, 1.165) is 12.2 Å². The summed E-state index contributed by atoms with van der Waals surface area (Å²) in [7, 11) is 1.96. The third kappa shape index (κ3) is 4.11. The molecule has 1 aromatic carbocycles. The third-order valence-corrected chi connectivity index (χ3v) is 4.53. The Balaban J connectivity index is 1.87. The summed E-state index contributed by atoms with van der Waals surface area (Å²) in [5.74, 6) is 0.746. The van der Waals surface area contributed by atoms with E-state index >= 15 is 0 Å². The Hall–Kier alpha value is -0.740. The van der Waals surface area contributed by atoms with Crippen LogP contribution in [0.4, 0.5) is 0 Å². The van der Waals surface area contributed by atoms with Gasteiger partial charge in [-0.3, -0.25) is 0 Å². The molecule has 0 fully saturated rings. The number of hydrogen-bond acceptors (Lipinski definition) is 3. The van der Waals surface area contributed by atoms with Crippen LogP contribution in [0.1, 0.15) is 17.3 Å². The van der Waals surface area contributed by atoms with Gasteiger partial charge in [0.2, 0.25) is 0 Å². The normalized spacial score (nSPS) is 12.4. The molecule has 0 aliphatic rings. The second-order valence-electron chi connectivity index (χ2n) is 4.07. The summed E-state index contributed by atoms with van der Waals surface area (Å²) >= 11 is 13.5. The summed E-state index contributed by atoms with van der Waals surface area (Å²) in [6, 6.07) is 9.82. The van der Waals surface area contributed by atoms with Crippen molar-refractivity contribution in [2.24, 2.45) is 0 Å². The number of thiophene rings is 1. The highest BCUT2D eigenvalue weighted by Gasteiger charge is 2.10. The van der Waals surface area contributed by atoms with E-state index in [2.05, 4.69) is 22.8 Å². The van der Waals surface area contributed by atoms with Crippen LogP contribution in [0.25, 0.3) is 0 Å².